The van der Waals surface area contributed by atoms with Gasteiger partial charge in [-0.2, -0.15) is 0 Å². The second kappa shape index (κ2) is 8.37. The van der Waals surface area contributed by atoms with Crippen LogP contribution in [-0.4, -0.2) is 23.5 Å². The van der Waals surface area contributed by atoms with Crippen LogP contribution < -0.4 is 11.1 Å². The number of carbonyl (C=O) groups excluding carboxylic acids is 1. The number of halogens is 1. The molecule has 0 radical (unpaired) electrons. The second-order valence-corrected chi connectivity index (χ2v) is 6.38. The van der Waals surface area contributed by atoms with Crippen molar-refractivity contribution < 1.29 is 4.79 Å². The summed E-state index contributed by atoms with van der Waals surface area (Å²) in [7, 11) is 0. The van der Waals surface area contributed by atoms with Crippen molar-refractivity contribution in [2.45, 2.75) is 44.6 Å². The molecule has 126 valence electrons. The van der Waals surface area contributed by atoms with Crippen LogP contribution in [0.5, 0.6) is 0 Å². The molecule has 0 aliphatic heterocycles. The Labute approximate surface area is 143 Å². The first-order chi connectivity index (χ1) is 10.7. The van der Waals surface area contributed by atoms with Gasteiger partial charge >= 0.3 is 0 Å². The number of aryl methyl sites for hydroxylation is 1. The zero-order chi connectivity index (χ0) is 15.4. The number of H-pyrrole nitrogens is 1. The maximum Gasteiger partial charge on any atom is 0.223 e. The Balaban J connectivity index is 0.00000192. The summed E-state index contributed by atoms with van der Waals surface area (Å²) in [5, 5.41) is 4.36. The van der Waals surface area contributed by atoms with Crippen molar-refractivity contribution >= 4 is 29.2 Å². The van der Waals surface area contributed by atoms with Gasteiger partial charge in [0.1, 0.15) is 0 Å². The molecule has 2 unspecified atom stereocenters. The molecule has 0 spiro atoms. The number of hydrogen-bond acceptors (Lipinski definition) is 2. The third-order valence-electron chi connectivity index (χ3n) is 4.68. The Morgan fingerprint density at radius 3 is 2.96 bits per heavy atom. The number of rotatable bonds is 5. The molecule has 1 saturated carbocycles. The van der Waals surface area contributed by atoms with E-state index in [1.165, 1.54) is 16.5 Å². The van der Waals surface area contributed by atoms with E-state index in [4.69, 9.17) is 5.73 Å². The quantitative estimate of drug-likeness (QED) is 0.734. The molecule has 0 saturated heterocycles. The SMILES string of the molecule is Cl.NC1CCCC(C(=O)NCCCc2c[nH]c3ccccc23)C1. The minimum absolute atomic E-state index is 0. The summed E-state index contributed by atoms with van der Waals surface area (Å²) >= 11 is 0. The fourth-order valence-corrected chi connectivity index (χ4v) is 3.44. The molecule has 3 rings (SSSR count). The molecule has 1 fully saturated rings. The summed E-state index contributed by atoms with van der Waals surface area (Å²) < 4.78 is 0. The van der Waals surface area contributed by atoms with Gasteiger partial charge < -0.3 is 16.0 Å². The second-order valence-electron chi connectivity index (χ2n) is 6.38. The van der Waals surface area contributed by atoms with Gasteiger partial charge in [-0.05, 0) is 43.7 Å². The molecule has 1 aliphatic rings. The van der Waals surface area contributed by atoms with Crippen LogP contribution in [0, 0.1) is 5.92 Å². The van der Waals surface area contributed by atoms with Crippen molar-refractivity contribution in [3.8, 4) is 0 Å². The third kappa shape index (κ3) is 4.49. The van der Waals surface area contributed by atoms with E-state index in [-0.39, 0.29) is 30.3 Å². The van der Waals surface area contributed by atoms with Crippen LogP contribution in [0.4, 0.5) is 0 Å². The Morgan fingerprint density at radius 2 is 2.13 bits per heavy atom. The number of fused-ring (bicyclic) bond motifs is 1. The van der Waals surface area contributed by atoms with E-state index < -0.39 is 0 Å². The molecule has 1 aromatic heterocycles. The lowest BCUT2D eigenvalue weighted by Gasteiger charge is -2.25. The Hall–Kier alpha value is -1.52. The number of aromatic amines is 1. The van der Waals surface area contributed by atoms with Crippen molar-refractivity contribution in [2.24, 2.45) is 11.7 Å². The number of carbonyl (C=O) groups is 1. The lowest BCUT2D eigenvalue weighted by molar-refractivity contribution is -0.126. The molecular weight excluding hydrogens is 310 g/mol. The number of amides is 1. The first-order valence-corrected chi connectivity index (χ1v) is 8.32. The lowest BCUT2D eigenvalue weighted by Crippen LogP contribution is -2.38. The van der Waals surface area contributed by atoms with Crippen molar-refractivity contribution in [3.63, 3.8) is 0 Å². The van der Waals surface area contributed by atoms with E-state index in [2.05, 4.69) is 34.7 Å². The lowest BCUT2D eigenvalue weighted by atomic mass is 9.85. The van der Waals surface area contributed by atoms with Crippen molar-refractivity contribution in [3.05, 3.63) is 36.0 Å². The number of nitrogens with one attached hydrogen (secondary N) is 2. The van der Waals surface area contributed by atoms with Crippen LogP contribution in [0.25, 0.3) is 10.9 Å². The molecule has 1 heterocycles. The zero-order valence-corrected chi connectivity index (χ0v) is 14.2. The predicted octanol–water partition coefficient (Wildman–Crippen LogP) is 3.16. The molecule has 23 heavy (non-hydrogen) atoms. The van der Waals surface area contributed by atoms with Gasteiger partial charge in [0.05, 0.1) is 0 Å². The van der Waals surface area contributed by atoms with Crippen LogP contribution in [0.3, 0.4) is 0 Å². The summed E-state index contributed by atoms with van der Waals surface area (Å²) in [5.41, 5.74) is 8.45. The zero-order valence-electron chi connectivity index (χ0n) is 13.4. The summed E-state index contributed by atoms with van der Waals surface area (Å²) in [5.74, 6) is 0.311. The summed E-state index contributed by atoms with van der Waals surface area (Å²) in [6.45, 7) is 0.740. The molecular formula is C18H26ClN3O. The fourth-order valence-electron chi connectivity index (χ4n) is 3.44. The first-order valence-electron chi connectivity index (χ1n) is 8.32. The Morgan fingerprint density at radius 1 is 1.30 bits per heavy atom. The van der Waals surface area contributed by atoms with Crippen molar-refractivity contribution in [2.75, 3.05) is 6.54 Å². The van der Waals surface area contributed by atoms with Gasteiger partial charge in [0.15, 0.2) is 0 Å². The number of benzene rings is 1. The van der Waals surface area contributed by atoms with Gasteiger partial charge in [-0.15, -0.1) is 12.4 Å². The number of hydrogen-bond donors (Lipinski definition) is 3. The molecule has 2 atom stereocenters. The molecule has 4 N–H and O–H groups in total. The highest BCUT2D eigenvalue weighted by atomic mass is 35.5. The average molecular weight is 336 g/mol. The van der Waals surface area contributed by atoms with Gasteiger partial charge in [0.2, 0.25) is 5.91 Å². The number of para-hydroxylation sites is 1. The number of aromatic nitrogens is 1. The van der Waals surface area contributed by atoms with Gasteiger partial charge in [-0.1, -0.05) is 24.6 Å². The van der Waals surface area contributed by atoms with Crippen LogP contribution >= 0.6 is 12.4 Å². The summed E-state index contributed by atoms with van der Waals surface area (Å²) in [6, 6.07) is 8.54. The van der Waals surface area contributed by atoms with Crippen LogP contribution in [0.15, 0.2) is 30.5 Å². The van der Waals surface area contributed by atoms with E-state index in [1.807, 2.05) is 6.07 Å². The van der Waals surface area contributed by atoms with Crippen molar-refractivity contribution in [1.29, 1.82) is 0 Å². The van der Waals surface area contributed by atoms with E-state index >= 15 is 0 Å². The third-order valence-corrected chi connectivity index (χ3v) is 4.68. The van der Waals surface area contributed by atoms with Gasteiger partial charge in [-0.25, -0.2) is 0 Å². The predicted molar refractivity (Wildman–Crippen MR) is 96.8 cm³/mol. The average Bonchev–Trinajstić information content (AvgIpc) is 2.95. The molecule has 4 nitrogen and oxygen atoms in total. The molecule has 0 bridgehead atoms. The standard InChI is InChI=1S/C18H25N3O.ClH/c19-15-7-3-5-13(11-15)18(22)20-10-4-6-14-12-21-17-9-2-1-8-16(14)17;/h1-2,8-9,12-13,15,21H,3-7,10-11,19H2,(H,20,22);1H. The molecule has 1 amide bonds. The summed E-state index contributed by atoms with van der Waals surface area (Å²) in [6.07, 6.45) is 7.99. The monoisotopic (exact) mass is 335 g/mol. The Kier molecular flexibility index (Phi) is 6.48. The van der Waals surface area contributed by atoms with Gasteiger partial charge in [0.25, 0.3) is 0 Å². The highest BCUT2D eigenvalue weighted by Crippen LogP contribution is 2.23. The van der Waals surface area contributed by atoms with Gasteiger partial charge in [-0.3, -0.25) is 4.79 Å². The highest BCUT2D eigenvalue weighted by Gasteiger charge is 2.24. The smallest absolute Gasteiger partial charge is 0.223 e. The van der Waals surface area contributed by atoms with Crippen molar-refractivity contribution in [1.82, 2.24) is 10.3 Å². The minimum atomic E-state index is 0. The van der Waals surface area contributed by atoms with E-state index in [0.29, 0.717) is 0 Å². The fraction of sp³-hybridized carbons (Fsp3) is 0.500. The molecule has 1 aliphatic carbocycles. The van der Waals surface area contributed by atoms with Crippen LogP contribution in [-0.2, 0) is 11.2 Å². The molecule has 5 heteroatoms. The topological polar surface area (TPSA) is 70.9 Å². The molecule has 2 aromatic rings. The number of nitrogens with two attached hydrogens (primary N) is 1. The van der Waals surface area contributed by atoms with Crippen LogP contribution in [0.2, 0.25) is 0 Å². The summed E-state index contributed by atoms with van der Waals surface area (Å²) in [4.78, 5) is 15.4. The molecule has 1 aromatic carbocycles. The maximum atomic E-state index is 12.1. The minimum Gasteiger partial charge on any atom is -0.361 e. The van der Waals surface area contributed by atoms with E-state index in [1.54, 1.807) is 0 Å². The maximum absolute atomic E-state index is 12.1. The highest BCUT2D eigenvalue weighted by molar-refractivity contribution is 5.85. The Bertz CT molecular complexity index is 640. The largest absolute Gasteiger partial charge is 0.361 e. The normalized spacial score (nSPS) is 20.9. The van der Waals surface area contributed by atoms with E-state index in [9.17, 15) is 4.79 Å². The van der Waals surface area contributed by atoms with Crippen LogP contribution in [0.1, 0.15) is 37.7 Å². The van der Waals surface area contributed by atoms with E-state index in [0.717, 1.165) is 45.1 Å². The van der Waals surface area contributed by atoms with Gasteiger partial charge in [0, 0.05) is 35.6 Å². The first kappa shape index (κ1) is 17.8.